The van der Waals surface area contributed by atoms with E-state index in [4.69, 9.17) is 4.55 Å². The lowest BCUT2D eigenvalue weighted by Gasteiger charge is -2.42. The maximum absolute atomic E-state index is 13.9. The quantitative estimate of drug-likeness (QED) is 0.0353. The zero-order chi connectivity index (χ0) is 58.4. The van der Waals surface area contributed by atoms with Crippen LogP contribution in [0.2, 0.25) is 0 Å². The van der Waals surface area contributed by atoms with Crippen LogP contribution in [0.5, 0.6) is 0 Å². The van der Waals surface area contributed by atoms with Crippen LogP contribution < -0.4 is 0 Å². The lowest BCUT2D eigenvalue weighted by atomic mass is 9.88. The molecule has 0 saturated carbocycles. The fraction of sp³-hybridized carbons (Fsp3) is 0.929. The van der Waals surface area contributed by atoms with Crippen molar-refractivity contribution in [3.8, 4) is 0 Å². The van der Waals surface area contributed by atoms with Crippen LogP contribution in [0.1, 0.15) is 19.3 Å². The number of hydrogen-bond acceptors (Lipinski definition) is 8. The fourth-order valence-corrected chi connectivity index (χ4v) is 5.00. The summed E-state index contributed by atoms with van der Waals surface area (Å²) in [6.45, 7) is -10.8. The number of esters is 2. The largest absolute Gasteiger partial charge is 0.463 e. The highest BCUT2D eigenvalue weighted by Gasteiger charge is 2.97. The van der Waals surface area contributed by atoms with Crippen molar-refractivity contribution >= 4 is 22.1 Å². The first-order chi connectivity index (χ1) is 31.1. The van der Waals surface area contributed by atoms with E-state index >= 15 is 0 Å². The van der Waals surface area contributed by atoms with Gasteiger partial charge in [0.25, 0.3) is 10.1 Å². The molecule has 0 amide bonds. The molecule has 1 unspecified atom stereocenters. The fourth-order valence-electron chi connectivity index (χ4n) is 4.34. The maximum Gasteiger partial charge on any atom is 0.460 e. The Balaban J connectivity index is 5.57. The predicted octanol–water partition coefficient (Wildman–Crippen LogP) is 10.6. The van der Waals surface area contributed by atoms with Crippen LogP contribution in [-0.2, 0) is 38.7 Å². The van der Waals surface area contributed by atoms with E-state index in [1.165, 1.54) is 0 Å². The number of hydrogen-bond donors (Lipinski definition) is 1. The molecule has 1 atom stereocenters. The molecule has 0 aromatic heterocycles. The van der Waals surface area contributed by atoms with Gasteiger partial charge in [-0.15, -0.1) is 0 Å². The van der Waals surface area contributed by atoms with Crippen molar-refractivity contribution in [3.05, 3.63) is 0 Å². The first-order valence-corrected chi connectivity index (χ1v) is 18.5. The molecule has 0 bridgehead atoms. The topological polar surface area (TPSA) is 125 Å². The number of ether oxygens (including phenoxy) is 4. The van der Waals surface area contributed by atoms with E-state index in [1.54, 1.807) is 0 Å². The second kappa shape index (κ2) is 20.5. The Morgan fingerprint density at radius 1 is 0.347 bits per heavy atom. The van der Waals surface area contributed by atoms with Gasteiger partial charge in [0.15, 0.2) is 5.25 Å². The molecule has 0 aliphatic rings. The normalized spacial score (nSPS) is 16.2. The third-order valence-corrected chi connectivity index (χ3v) is 9.71. The summed E-state index contributed by atoms with van der Waals surface area (Å²) in [5, 5.41) is -3.23. The standard InChI is InChI=1S/C28H20F34O9S/c29-13(30,15(33,34)17(37,38)19(41,42)21(45,46)23(49,50)25(53,54)27(57,58)59)1-3-68-5-7-70-11(63)9-10(72(65,66)67)12(64)71-8-6-69-4-2-14(31,32)16(35,36)18(39,40)20(43,44)22(47,48)24(51,52)26(55,56)28(60,61)62/h10H,1-9H2,(H,65,66,67). The van der Waals surface area contributed by atoms with Gasteiger partial charge in [0.05, 0.1) is 32.8 Å². The predicted molar refractivity (Wildman–Crippen MR) is 154 cm³/mol. The summed E-state index contributed by atoms with van der Waals surface area (Å²) in [5.74, 6) is -122. The number of carbonyl (C=O) groups excluding carboxylic acids is 2. The van der Waals surface area contributed by atoms with Crippen molar-refractivity contribution < 1.29 is 191 Å². The van der Waals surface area contributed by atoms with Crippen LogP contribution in [0.3, 0.4) is 0 Å². The van der Waals surface area contributed by atoms with Gasteiger partial charge in [-0.25, -0.2) is 0 Å². The molecule has 0 heterocycles. The minimum absolute atomic E-state index is 1.53. The van der Waals surface area contributed by atoms with Gasteiger partial charge in [0.1, 0.15) is 13.2 Å². The van der Waals surface area contributed by atoms with E-state index in [1.807, 2.05) is 0 Å². The molecule has 0 saturated heterocycles. The SMILES string of the molecule is O=C(CC(C(=O)OCCOCCC(F)(F)C(F)(F)C(F)(F)C(F)(F)C(F)(F)C(F)(F)C(F)(F)C(F)(F)F)S(=O)(=O)O)OCCOCCC(F)(F)C(F)(F)C(F)(F)C(F)(F)C(F)(F)C(F)(F)C(F)(F)C(F)(F)F. The van der Waals surface area contributed by atoms with Gasteiger partial charge in [0.2, 0.25) is 0 Å². The molecule has 0 aromatic carbocycles. The van der Waals surface area contributed by atoms with E-state index in [-0.39, 0.29) is 0 Å². The average molecular weight is 1180 g/mol. The highest BCUT2D eigenvalue weighted by Crippen LogP contribution is 2.66. The van der Waals surface area contributed by atoms with E-state index in [0.29, 0.717) is 0 Å². The molecule has 0 spiro atoms. The van der Waals surface area contributed by atoms with Gasteiger partial charge in [-0.2, -0.15) is 158 Å². The first-order valence-electron chi connectivity index (χ1n) is 17.0. The van der Waals surface area contributed by atoms with Crippen molar-refractivity contribution in [2.24, 2.45) is 0 Å². The minimum atomic E-state index is -8.93. The smallest absolute Gasteiger partial charge is 0.460 e. The average Bonchev–Trinajstić information content (AvgIpc) is 3.17. The van der Waals surface area contributed by atoms with Crippen molar-refractivity contribution in [1.29, 1.82) is 0 Å². The van der Waals surface area contributed by atoms with Crippen LogP contribution in [0.15, 0.2) is 0 Å². The van der Waals surface area contributed by atoms with Crippen LogP contribution in [0.25, 0.3) is 0 Å². The number of halogens is 34. The zero-order valence-electron chi connectivity index (χ0n) is 32.9. The van der Waals surface area contributed by atoms with Gasteiger partial charge in [0, 0.05) is 12.8 Å². The second-order valence-electron chi connectivity index (χ2n) is 13.6. The van der Waals surface area contributed by atoms with Crippen LogP contribution >= 0.6 is 0 Å². The van der Waals surface area contributed by atoms with Gasteiger partial charge in [-0.05, 0) is 0 Å². The van der Waals surface area contributed by atoms with Crippen LogP contribution in [-0.4, -0.2) is 165 Å². The molecule has 44 heteroatoms. The Hall–Kier alpha value is -3.61. The lowest BCUT2D eigenvalue weighted by Crippen LogP contribution is -2.74. The van der Waals surface area contributed by atoms with Gasteiger partial charge in [-0.3, -0.25) is 14.1 Å². The van der Waals surface area contributed by atoms with E-state index in [0.717, 1.165) is 0 Å². The summed E-state index contributed by atoms with van der Waals surface area (Å²) in [4.78, 5) is 23.8. The molecular weight excluding hydrogens is 1160 g/mol. The molecule has 9 nitrogen and oxygen atoms in total. The molecule has 0 radical (unpaired) electrons. The molecule has 72 heavy (non-hydrogen) atoms. The zero-order valence-corrected chi connectivity index (χ0v) is 33.7. The Morgan fingerprint density at radius 2 is 0.583 bits per heavy atom. The third kappa shape index (κ3) is 11.6. The van der Waals surface area contributed by atoms with Gasteiger partial charge in [-0.1, -0.05) is 0 Å². The van der Waals surface area contributed by atoms with E-state index < -0.39 is 181 Å². The van der Waals surface area contributed by atoms with Crippen LogP contribution in [0, 0.1) is 0 Å². The molecular formula is C28H20F34O9S. The van der Waals surface area contributed by atoms with Crippen LogP contribution in [0.4, 0.5) is 149 Å². The summed E-state index contributed by atoms with van der Waals surface area (Å²) >= 11 is 0. The Kier molecular flexibility index (Phi) is 19.5. The Morgan fingerprint density at radius 3 is 0.833 bits per heavy atom. The summed E-state index contributed by atoms with van der Waals surface area (Å²) in [7, 11) is -5.93. The third-order valence-electron chi connectivity index (χ3n) is 8.63. The molecule has 1 N–H and O–H groups in total. The van der Waals surface area contributed by atoms with Crippen molar-refractivity contribution in [1.82, 2.24) is 0 Å². The summed E-state index contributed by atoms with van der Waals surface area (Å²) in [5.41, 5.74) is 0. The molecule has 0 aromatic rings. The van der Waals surface area contributed by atoms with Crippen molar-refractivity contribution in [3.63, 3.8) is 0 Å². The molecule has 0 aliphatic heterocycles. The van der Waals surface area contributed by atoms with E-state index in [2.05, 4.69) is 18.9 Å². The minimum Gasteiger partial charge on any atom is -0.463 e. The number of rotatable bonds is 28. The summed E-state index contributed by atoms with van der Waals surface area (Å²) in [6, 6.07) is 0. The number of alkyl halides is 34. The first kappa shape index (κ1) is 68.4. The molecule has 430 valence electrons. The Bertz CT molecular complexity index is 1980. The maximum atomic E-state index is 13.9. The highest BCUT2D eigenvalue weighted by molar-refractivity contribution is 7.87. The second-order valence-corrected chi connectivity index (χ2v) is 15.2. The highest BCUT2D eigenvalue weighted by atomic mass is 32.2. The molecule has 0 aliphatic carbocycles. The molecule has 0 rings (SSSR count). The molecule has 0 fully saturated rings. The lowest BCUT2D eigenvalue weighted by molar-refractivity contribution is -0.462. The number of carbonyl (C=O) groups is 2. The summed E-state index contributed by atoms with van der Waals surface area (Å²) in [6.07, 6.45) is -24.3. The van der Waals surface area contributed by atoms with Gasteiger partial charge < -0.3 is 18.9 Å². The van der Waals surface area contributed by atoms with Gasteiger partial charge >= 0.3 is 107 Å². The van der Waals surface area contributed by atoms with Crippen molar-refractivity contribution in [2.75, 3.05) is 39.6 Å². The summed E-state index contributed by atoms with van der Waals surface area (Å²) < 4.78 is 501. The van der Waals surface area contributed by atoms with Crippen molar-refractivity contribution in [2.45, 2.75) is 120 Å². The monoisotopic (exact) mass is 1180 g/mol. The Labute approximate surface area is 373 Å². The van der Waals surface area contributed by atoms with E-state index in [9.17, 15) is 167 Å².